The maximum absolute atomic E-state index is 6.08. The summed E-state index contributed by atoms with van der Waals surface area (Å²) >= 11 is 6.08. The van der Waals surface area contributed by atoms with Crippen LogP contribution >= 0.6 is 11.6 Å². The van der Waals surface area contributed by atoms with E-state index in [0.717, 1.165) is 30.0 Å². The number of methoxy groups -OCH3 is 1. The maximum Gasteiger partial charge on any atom is 0.224 e. The highest BCUT2D eigenvalue weighted by atomic mass is 35.5. The molecule has 4 nitrogen and oxygen atoms in total. The highest BCUT2D eigenvalue weighted by Crippen LogP contribution is 2.23. The van der Waals surface area contributed by atoms with Gasteiger partial charge in [0.05, 0.1) is 12.8 Å². The summed E-state index contributed by atoms with van der Waals surface area (Å²) in [7, 11) is 1.65. The molecule has 0 unspecified atom stereocenters. The van der Waals surface area contributed by atoms with Crippen molar-refractivity contribution < 1.29 is 4.74 Å². The van der Waals surface area contributed by atoms with E-state index in [0.29, 0.717) is 11.1 Å². The zero-order chi connectivity index (χ0) is 15.1. The van der Waals surface area contributed by atoms with Gasteiger partial charge in [0.2, 0.25) is 5.95 Å². The third-order valence-corrected chi connectivity index (χ3v) is 3.34. The van der Waals surface area contributed by atoms with Crippen LogP contribution < -0.4 is 10.1 Å². The smallest absolute Gasteiger partial charge is 0.224 e. The molecule has 1 heterocycles. The topological polar surface area (TPSA) is 47.0 Å². The Balaban J connectivity index is 2.13. The number of hydrogen-bond donors (Lipinski definition) is 1. The molecule has 2 aromatic rings. The Bertz CT molecular complexity index is 572. The lowest BCUT2D eigenvalue weighted by Crippen LogP contribution is -2.06. The van der Waals surface area contributed by atoms with Gasteiger partial charge in [-0.3, -0.25) is 0 Å². The molecule has 0 bridgehead atoms. The summed E-state index contributed by atoms with van der Waals surface area (Å²) in [6.45, 7) is 3.04. The molecule has 0 spiro atoms. The molecule has 112 valence electrons. The Morgan fingerprint density at radius 2 is 1.90 bits per heavy atom. The maximum atomic E-state index is 6.08. The van der Waals surface area contributed by atoms with E-state index in [1.807, 2.05) is 24.3 Å². The predicted octanol–water partition coefficient (Wildman–Crippen LogP) is 4.41. The lowest BCUT2D eigenvalue weighted by Gasteiger charge is -2.08. The average molecular weight is 306 g/mol. The van der Waals surface area contributed by atoms with Crippen molar-refractivity contribution >= 4 is 17.5 Å². The summed E-state index contributed by atoms with van der Waals surface area (Å²) in [5.74, 6) is 1.39. The Morgan fingerprint density at radius 1 is 1.14 bits per heavy atom. The van der Waals surface area contributed by atoms with E-state index in [1.165, 1.54) is 12.8 Å². The first kappa shape index (κ1) is 15.6. The Hall–Kier alpha value is -1.81. The van der Waals surface area contributed by atoms with Crippen LogP contribution in [0, 0.1) is 0 Å². The zero-order valence-electron chi connectivity index (χ0n) is 12.4. The number of aromatic nitrogens is 2. The number of rotatable bonds is 7. The van der Waals surface area contributed by atoms with Gasteiger partial charge in [-0.05, 0) is 30.7 Å². The molecule has 2 rings (SSSR count). The third-order valence-electron chi connectivity index (χ3n) is 3.14. The number of anilines is 1. The summed E-state index contributed by atoms with van der Waals surface area (Å²) in [5, 5.41) is 3.66. The first-order valence-corrected chi connectivity index (χ1v) is 7.53. The number of hydrogen-bond acceptors (Lipinski definition) is 4. The fourth-order valence-corrected chi connectivity index (χ4v) is 2.16. The number of unbranched alkanes of at least 4 members (excludes halogenated alkanes) is 2. The molecular formula is C16H20ClN3O. The largest absolute Gasteiger partial charge is 0.497 e. The second kappa shape index (κ2) is 7.84. The van der Waals surface area contributed by atoms with Crippen LogP contribution in [-0.2, 0) is 0 Å². The molecule has 0 aliphatic heterocycles. The molecule has 0 fully saturated rings. The molecule has 21 heavy (non-hydrogen) atoms. The van der Waals surface area contributed by atoms with Crippen LogP contribution in [0.4, 0.5) is 5.95 Å². The van der Waals surface area contributed by atoms with Gasteiger partial charge in [0.15, 0.2) is 0 Å². The Kier molecular flexibility index (Phi) is 5.81. The SMILES string of the molecule is CCCCCNc1nc(Cl)cc(-c2ccc(OC)cc2)n1. The summed E-state index contributed by atoms with van der Waals surface area (Å²) in [6, 6.07) is 9.48. The molecule has 1 aromatic heterocycles. The molecule has 0 saturated carbocycles. The average Bonchev–Trinajstić information content (AvgIpc) is 2.51. The second-order valence-electron chi connectivity index (χ2n) is 4.76. The van der Waals surface area contributed by atoms with Crippen molar-refractivity contribution in [3.05, 3.63) is 35.5 Å². The number of halogens is 1. The van der Waals surface area contributed by atoms with E-state index in [2.05, 4.69) is 22.2 Å². The van der Waals surface area contributed by atoms with Crippen LogP contribution in [0.5, 0.6) is 5.75 Å². The summed E-state index contributed by atoms with van der Waals surface area (Å²) < 4.78 is 5.16. The lowest BCUT2D eigenvalue weighted by molar-refractivity contribution is 0.415. The molecule has 0 saturated heterocycles. The van der Waals surface area contributed by atoms with E-state index in [1.54, 1.807) is 13.2 Å². The van der Waals surface area contributed by atoms with Crippen molar-refractivity contribution in [1.29, 1.82) is 0 Å². The van der Waals surface area contributed by atoms with Gasteiger partial charge in [-0.2, -0.15) is 0 Å². The molecule has 0 amide bonds. The van der Waals surface area contributed by atoms with Crippen molar-refractivity contribution in [3.8, 4) is 17.0 Å². The van der Waals surface area contributed by atoms with E-state index in [-0.39, 0.29) is 0 Å². The molecule has 5 heteroatoms. The standard InChI is InChI=1S/C16H20ClN3O/c1-3-4-5-10-18-16-19-14(11-15(17)20-16)12-6-8-13(21-2)9-7-12/h6-9,11H,3-5,10H2,1-2H3,(H,18,19,20). The van der Waals surface area contributed by atoms with Gasteiger partial charge < -0.3 is 10.1 Å². The van der Waals surface area contributed by atoms with E-state index in [4.69, 9.17) is 16.3 Å². The predicted molar refractivity (Wildman–Crippen MR) is 87.0 cm³/mol. The van der Waals surface area contributed by atoms with Crippen molar-refractivity contribution in [2.45, 2.75) is 26.2 Å². The summed E-state index contributed by atoms with van der Waals surface area (Å²) in [4.78, 5) is 8.72. The summed E-state index contributed by atoms with van der Waals surface area (Å²) in [5.41, 5.74) is 1.78. The van der Waals surface area contributed by atoms with Crippen LogP contribution in [0.3, 0.4) is 0 Å². The minimum atomic E-state index is 0.439. The minimum absolute atomic E-state index is 0.439. The fourth-order valence-electron chi connectivity index (χ4n) is 1.98. The Morgan fingerprint density at radius 3 is 2.57 bits per heavy atom. The van der Waals surface area contributed by atoms with Crippen LogP contribution in [0.15, 0.2) is 30.3 Å². The van der Waals surface area contributed by atoms with E-state index in [9.17, 15) is 0 Å². The monoisotopic (exact) mass is 305 g/mol. The first-order valence-electron chi connectivity index (χ1n) is 7.16. The normalized spacial score (nSPS) is 10.4. The van der Waals surface area contributed by atoms with E-state index >= 15 is 0 Å². The molecule has 0 aliphatic carbocycles. The van der Waals surface area contributed by atoms with Crippen molar-refractivity contribution in [1.82, 2.24) is 9.97 Å². The Labute approximate surface area is 130 Å². The van der Waals surface area contributed by atoms with Crippen molar-refractivity contribution in [3.63, 3.8) is 0 Å². The van der Waals surface area contributed by atoms with E-state index < -0.39 is 0 Å². The number of nitrogens with one attached hydrogen (secondary N) is 1. The highest BCUT2D eigenvalue weighted by Gasteiger charge is 2.05. The first-order chi connectivity index (χ1) is 10.2. The van der Waals surface area contributed by atoms with Gasteiger partial charge >= 0.3 is 0 Å². The third kappa shape index (κ3) is 4.60. The molecule has 0 aliphatic rings. The molecule has 0 atom stereocenters. The van der Waals surface area contributed by atoms with Gasteiger partial charge in [-0.15, -0.1) is 0 Å². The van der Waals surface area contributed by atoms with Gasteiger partial charge in [0, 0.05) is 18.2 Å². The lowest BCUT2D eigenvalue weighted by atomic mass is 10.1. The van der Waals surface area contributed by atoms with Gasteiger partial charge in [-0.1, -0.05) is 31.4 Å². The molecule has 1 N–H and O–H groups in total. The number of benzene rings is 1. The van der Waals surface area contributed by atoms with Crippen molar-refractivity contribution in [2.75, 3.05) is 19.0 Å². The highest BCUT2D eigenvalue weighted by molar-refractivity contribution is 6.29. The van der Waals surface area contributed by atoms with Crippen LogP contribution in [0.1, 0.15) is 26.2 Å². The molecular weight excluding hydrogens is 286 g/mol. The fraction of sp³-hybridized carbons (Fsp3) is 0.375. The van der Waals surface area contributed by atoms with Gasteiger partial charge in [-0.25, -0.2) is 9.97 Å². The second-order valence-corrected chi connectivity index (χ2v) is 5.15. The van der Waals surface area contributed by atoms with Crippen LogP contribution in [0.25, 0.3) is 11.3 Å². The quantitative estimate of drug-likeness (QED) is 0.608. The summed E-state index contributed by atoms with van der Waals surface area (Å²) in [6.07, 6.45) is 3.48. The van der Waals surface area contributed by atoms with Crippen LogP contribution in [-0.4, -0.2) is 23.6 Å². The van der Waals surface area contributed by atoms with Gasteiger partial charge in [0.1, 0.15) is 10.9 Å². The van der Waals surface area contributed by atoms with Crippen LogP contribution in [0.2, 0.25) is 5.15 Å². The number of ether oxygens (including phenoxy) is 1. The number of nitrogens with zero attached hydrogens (tertiary/aromatic N) is 2. The van der Waals surface area contributed by atoms with Crippen molar-refractivity contribution in [2.24, 2.45) is 0 Å². The molecule has 1 aromatic carbocycles. The molecule has 0 radical (unpaired) electrons. The van der Waals surface area contributed by atoms with Gasteiger partial charge in [0.25, 0.3) is 0 Å². The zero-order valence-corrected chi connectivity index (χ0v) is 13.2. The minimum Gasteiger partial charge on any atom is -0.497 e.